The summed E-state index contributed by atoms with van der Waals surface area (Å²) in [6, 6.07) is 6.87. The van der Waals surface area contributed by atoms with Crippen LogP contribution in [0.25, 0.3) is 11.4 Å². The summed E-state index contributed by atoms with van der Waals surface area (Å²) in [6.07, 6.45) is 3.39. The van der Waals surface area contributed by atoms with Gasteiger partial charge in [0.15, 0.2) is 5.82 Å². The molecule has 0 spiro atoms. The molecule has 0 aliphatic carbocycles. The van der Waals surface area contributed by atoms with Crippen LogP contribution in [0.15, 0.2) is 46.2 Å². The number of halogens is 1. The molecule has 1 aromatic heterocycles. The molecule has 0 aromatic carbocycles. The Kier molecular flexibility index (Phi) is 4.22. The molecule has 0 saturated carbocycles. The van der Waals surface area contributed by atoms with E-state index < -0.39 is 11.2 Å². The molecule has 0 N–H and O–H groups in total. The van der Waals surface area contributed by atoms with Gasteiger partial charge in [-0.05, 0) is 23.8 Å². The van der Waals surface area contributed by atoms with Crippen LogP contribution in [0.1, 0.15) is 5.56 Å². The van der Waals surface area contributed by atoms with Crippen LogP contribution >= 0.6 is 11.6 Å². The van der Waals surface area contributed by atoms with Gasteiger partial charge in [-0.2, -0.15) is 4.98 Å². The van der Waals surface area contributed by atoms with Gasteiger partial charge in [0.1, 0.15) is 11.9 Å². The fourth-order valence-electron chi connectivity index (χ4n) is 2.28. The van der Waals surface area contributed by atoms with E-state index in [0.29, 0.717) is 23.1 Å². The number of hydrogen-bond acceptors (Lipinski definition) is 5. The Morgan fingerprint density at radius 1 is 1.26 bits per heavy atom. The molecular formula is C15H13ClN4O3. The average Bonchev–Trinajstić information content (AvgIpc) is 2.54. The van der Waals surface area contributed by atoms with Crippen molar-refractivity contribution in [1.29, 1.82) is 0 Å². The van der Waals surface area contributed by atoms with Gasteiger partial charge in [-0.1, -0.05) is 17.7 Å². The first-order valence-electron chi connectivity index (χ1n) is 6.79. The van der Waals surface area contributed by atoms with Crippen molar-refractivity contribution in [3.63, 3.8) is 0 Å². The fraction of sp³-hybridized carbons (Fsp3) is 0.200. The van der Waals surface area contributed by atoms with Gasteiger partial charge < -0.3 is 9.30 Å². The molecule has 0 saturated heterocycles. The third kappa shape index (κ3) is 3.01. The lowest BCUT2D eigenvalue weighted by molar-refractivity contribution is 0.124. The normalized spacial score (nSPS) is 11.0. The standard InChI is InChI=1S/C15H13ClN4O3/c1-23-9-20-14(21)11-3-2-6-19(13(11)18-15(20)22)8-10-4-5-12(16)17-7-10/h2-7H,8-9H2,1H3. The second-order valence-corrected chi connectivity index (χ2v) is 5.30. The molecule has 0 amide bonds. The molecule has 3 rings (SSSR count). The predicted molar refractivity (Wildman–Crippen MR) is 84.7 cm³/mol. The van der Waals surface area contributed by atoms with E-state index in [-0.39, 0.29) is 6.73 Å². The molecule has 0 bridgehead atoms. The number of aromatic nitrogens is 4. The molecule has 0 fully saturated rings. The van der Waals surface area contributed by atoms with Crippen molar-refractivity contribution >= 4 is 11.6 Å². The van der Waals surface area contributed by atoms with Gasteiger partial charge in [0.25, 0.3) is 5.56 Å². The number of nitrogens with zero attached hydrogens (tertiary/aromatic N) is 4. The summed E-state index contributed by atoms with van der Waals surface area (Å²) in [7, 11) is 1.41. The highest BCUT2D eigenvalue weighted by Crippen LogP contribution is 2.15. The molecule has 118 valence electrons. The number of fused-ring (bicyclic) bond motifs is 1. The van der Waals surface area contributed by atoms with Gasteiger partial charge in [0.05, 0.1) is 12.1 Å². The maximum Gasteiger partial charge on any atom is 0.354 e. The third-order valence-corrected chi connectivity index (χ3v) is 3.57. The Morgan fingerprint density at radius 2 is 2.09 bits per heavy atom. The molecule has 0 atom stereocenters. The van der Waals surface area contributed by atoms with Crippen LogP contribution in [-0.2, 0) is 18.0 Å². The zero-order valence-electron chi connectivity index (χ0n) is 12.3. The number of ether oxygens (including phenoxy) is 1. The minimum atomic E-state index is -0.640. The SMILES string of the molecule is COCn1c(=O)nc2n(Cc3ccc(Cl)nc3)cccc-2c1=O. The largest absolute Gasteiger partial charge is 0.364 e. The monoisotopic (exact) mass is 332 g/mol. The van der Waals surface area contributed by atoms with Crippen molar-refractivity contribution in [1.82, 2.24) is 19.1 Å². The first-order valence-corrected chi connectivity index (χ1v) is 7.17. The lowest BCUT2D eigenvalue weighted by Crippen LogP contribution is -2.38. The van der Waals surface area contributed by atoms with E-state index in [4.69, 9.17) is 16.3 Å². The summed E-state index contributed by atoms with van der Waals surface area (Å²) in [5.41, 5.74) is 0.164. The Hall–Kier alpha value is -2.51. The Bertz CT molecular complexity index is 917. The van der Waals surface area contributed by atoms with Crippen LogP contribution in [-0.4, -0.2) is 26.2 Å². The number of methoxy groups -OCH3 is 1. The summed E-state index contributed by atoms with van der Waals surface area (Å²) in [5.74, 6) is 0.324. The van der Waals surface area contributed by atoms with Gasteiger partial charge in [0.2, 0.25) is 0 Å². The molecule has 2 aliphatic rings. The molecule has 1 aromatic rings. The van der Waals surface area contributed by atoms with Gasteiger partial charge in [-0.3, -0.25) is 4.79 Å². The topological polar surface area (TPSA) is 79.0 Å². The summed E-state index contributed by atoms with van der Waals surface area (Å²) < 4.78 is 7.55. The number of rotatable bonds is 4. The van der Waals surface area contributed by atoms with E-state index >= 15 is 0 Å². The molecule has 8 heteroatoms. The number of pyridine rings is 2. The van der Waals surface area contributed by atoms with E-state index in [1.165, 1.54) is 7.11 Å². The highest BCUT2D eigenvalue weighted by atomic mass is 35.5. The first kappa shape index (κ1) is 15.4. The number of hydrogen-bond donors (Lipinski definition) is 0. The molecule has 0 radical (unpaired) electrons. The van der Waals surface area contributed by atoms with Gasteiger partial charge in [-0.15, -0.1) is 0 Å². The summed E-state index contributed by atoms with van der Waals surface area (Å²) >= 11 is 5.77. The third-order valence-electron chi connectivity index (χ3n) is 3.35. The second-order valence-electron chi connectivity index (χ2n) is 4.91. The molecule has 7 nitrogen and oxygen atoms in total. The zero-order chi connectivity index (χ0) is 16.4. The predicted octanol–water partition coefficient (Wildman–Crippen LogP) is 1.21. The lowest BCUT2D eigenvalue weighted by Gasteiger charge is -2.14. The van der Waals surface area contributed by atoms with Crippen molar-refractivity contribution in [3.05, 3.63) is 68.2 Å². The van der Waals surface area contributed by atoms with Gasteiger partial charge >= 0.3 is 5.69 Å². The smallest absolute Gasteiger partial charge is 0.354 e. The molecule has 3 heterocycles. The van der Waals surface area contributed by atoms with Crippen LogP contribution in [0.2, 0.25) is 5.15 Å². The Morgan fingerprint density at radius 3 is 2.78 bits per heavy atom. The van der Waals surface area contributed by atoms with Gasteiger partial charge in [-0.25, -0.2) is 14.3 Å². The van der Waals surface area contributed by atoms with Crippen LogP contribution in [0.5, 0.6) is 0 Å². The highest BCUT2D eigenvalue weighted by Gasteiger charge is 2.16. The van der Waals surface area contributed by atoms with Crippen LogP contribution in [0.3, 0.4) is 0 Å². The maximum atomic E-state index is 12.4. The second kappa shape index (κ2) is 6.31. The first-order chi connectivity index (χ1) is 11.1. The molecular weight excluding hydrogens is 320 g/mol. The molecule has 0 unspecified atom stereocenters. The van der Waals surface area contributed by atoms with Gasteiger partial charge in [0, 0.05) is 19.5 Å². The minimum absolute atomic E-state index is 0.128. The highest BCUT2D eigenvalue weighted by molar-refractivity contribution is 6.29. The van der Waals surface area contributed by atoms with E-state index in [0.717, 1.165) is 10.1 Å². The van der Waals surface area contributed by atoms with Crippen molar-refractivity contribution in [3.8, 4) is 11.4 Å². The van der Waals surface area contributed by atoms with E-state index in [1.54, 1.807) is 35.2 Å². The molecule has 2 aliphatic heterocycles. The van der Waals surface area contributed by atoms with Crippen LogP contribution in [0.4, 0.5) is 0 Å². The minimum Gasteiger partial charge on any atom is -0.364 e. The van der Waals surface area contributed by atoms with Crippen LogP contribution < -0.4 is 11.2 Å². The van der Waals surface area contributed by atoms with Crippen molar-refractivity contribution in [2.75, 3.05) is 7.11 Å². The van der Waals surface area contributed by atoms with E-state index in [1.807, 2.05) is 6.07 Å². The average molecular weight is 333 g/mol. The summed E-state index contributed by atoms with van der Waals surface area (Å²) in [5, 5.41) is 0.402. The Labute approximate surface area is 136 Å². The quantitative estimate of drug-likeness (QED) is 0.671. The van der Waals surface area contributed by atoms with E-state index in [2.05, 4.69) is 9.97 Å². The van der Waals surface area contributed by atoms with Crippen molar-refractivity contribution in [2.45, 2.75) is 13.3 Å². The lowest BCUT2D eigenvalue weighted by atomic mass is 10.2. The van der Waals surface area contributed by atoms with Crippen LogP contribution in [0, 0.1) is 0 Å². The molecule has 23 heavy (non-hydrogen) atoms. The van der Waals surface area contributed by atoms with Crippen molar-refractivity contribution in [2.24, 2.45) is 0 Å². The zero-order valence-corrected chi connectivity index (χ0v) is 13.0. The maximum absolute atomic E-state index is 12.4. The fourth-order valence-corrected chi connectivity index (χ4v) is 2.40. The Balaban J connectivity index is 2.10. The summed E-state index contributed by atoms with van der Waals surface area (Å²) in [4.78, 5) is 32.4. The van der Waals surface area contributed by atoms with Crippen molar-refractivity contribution < 1.29 is 4.74 Å². The summed E-state index contributed by atoms with van der Waals surface area (Å²) in [6.45, 7) is 0.290. The van der Waals surface area contributed by atoms with E-state index in [9.17, 15) is 9.59 Å².